The fraction of sp³-hybridized carbons (Fsp3) is 0.133. The van der Waals surface area contributed by atoms with E-state index in [4.69, 9.17) is 11.6 Å². The van der Waals surface area contributed by atoms with Gasteiger partial charge in [-0.25, -0.2) is 4.39 Å². The number of hydrogen-bond acceptors (Lipinski definition) is 2. The highest BCUT2D eigenvalue weighted by Crippen LogP contribution is 2.20. The van der Waals surface area contributed by atoms with Crippen molar-refractivity contribution >= 4 is 45.2 Å². The minimum Gasteiger partial charge on any atom is -0.351 e. The monoisotopic (exact) mass is 387 g/mol. The summed E-state index contributed by atoms with van der Waals surface area (Å²) in [5, 5.41) is 3.46. The molecule has 0 atom stereocenters. The van der Waals surface area contributed by atoms with Gasteiger partial charge in [-0.3, -0.25) is 4.79 Å². The molecule has 0 aromatic heterocycles. The molecule has 0 aliphatic carbocycles. The Hall–Kier alpha value is -1.04. The van der Waals surface area contributed by atoms with Crippen LogP contribution >= 0.6 is 39.3 Å². The average molecular weight is 389 g/mol. The van der Waals surface area contributed by atoms with E-state index in [1.54, 1.807) is 11.8 Å². The number of thioether (sulfide) groups is 1. The van der Waals surface area contributed by atoms with Gasteiger partial charge in [0.15, 0.2) is 0 Å². The van der Waals surface area contributed by atoms with E-state index in [0.717, 1.165) is 10.6 Å². The number of hydrogen-bond donors (Lipinski definition) is 1. The van der Waals surface area contributed by atoms with Gasteiger partial charge in [0.1, 0.15) is 5.82 Å². The van der Waals surface area contributed by atoms with Crippen LogP contribution in [-0.2, 0) is 0 Å². The van der Waals surface area contributed by atoms with Crippen molar-refractivity contribution in [1.82, 2.24) is 5.32 Å². The lowest BCUT2D eigenvalue weighted by Crippen LogP contribution is -2.26. The summed E-state index contributed by atoms with van der Waals surface area (Å²) in [7, 11) is 0. The van der Waals surface area contributed by atoms with Crippen molar-refractivity contribution in [3.63, 3.8) is 0 Å². The molecule has 0 aliphatic heterocycles. The topological polar surface area (TPSA) is 29.1 Å². The molecule has 1 amide bonds. The van der Waals surface area contributed by atoms with Crippen molar-refractivity contribution < 1.29 is 9.18 Å². The predicted octanol–water partition coefficient (Wildman–Crippen LogP) is 4.76. The molecule has 0 unspecified atom stereocenters. The molecule has 0 heterocycles. The highest BCUT2D eigenvalue weighted by Gasteiger charge is 2.10. The second-order valence-corrected chi connectivity index (χ2v) is 6.64. The lowest BCUT2D eigenvalue weighted by Gasteiger charge is -2.07. The molecular formula is C15H12BrClFNOS. The van der Waals surface area contributed by atoms with Crippen molar-refractivity contribution in [2.45, 2.75) is 4.90 Å². The summed E-state index contributed by atoms with van der Waals surface area (Å²) in [6, 6.07) is 11.5. The molecule has 21 heavy (non-hydrogen) atoms. The summed E-state index contributed by atoms with van der Waals surface area (Å²) in [5.74, 6) is -0.00250. The number of nitrogens with one attached hydrogen (secondary N) is 1. The zero-order valence-electron chi connectivity index (χ0n) is 10.9. The van der Waals surface area contributed by atoms with E-state index in [0.29, 0.717) is 21.6 Å². The smallest absolute Gasteiger partial charge is 0.252 e. The van der Waals surface area contributed by atoms with Gasteiger partial charge >= 0.3 is 0 Å². The van der Waals surface area contributed by atoms with Gasteiger partial charge in [0.05, 0.1) is 5.56 Å². The zero-order valence-corrected chi connectivity index (χ0v) is 14.1. The highest BCUT2D eigenvalue weighted by molar-refractivity contribution is 9.10. The van der Waals surface area contributed by atoms with Gasteiger partial charge in [-0.1, -0.05) is 11.6 Å². The summed E-state index contributed by atoms with van der Waals surface area (Å²) in [4.78, 5) is 13.0. The van der Waals surface area contributed by atoms with E-state index >= 15 is 0 Å². The SMILES string of the molecule is O=C(NCCSc1ccc(Cl)cc1)c1cc(F)ccc1Br. The Kier molecular flexibility index (Phi) is 6.08. The third-order valence-electron chi connectivity index (χ3n) is 2.64. The summed E-state index contributed by atoms with van der Waals surface area (Å²) in [6.07, 6.45) is 0. The summed E-state index contributed by atoms with van der Waals surface area (Å²) >= 11 is 10.7. The standard InChI is InChI=1S/C15H12BrClFNOS/c16-14-6-3-11(18)9-13(14)15(20)19-7-8-21-12-4-1-10(17)2-5-12/h1-6,9H,7-8H2,(H,19,20). The van der Waals surface area contributed by atoms with Crippen molar-refractivity contribution in [3.05, 3.63) is 63.3 Å². The molecule has 1 N–H and O–H groups in total. The fourth-order valence-corrected chi connectivity index (χ4v) is 2.95. The lowest BCUT2D eigenvalue weighted by atomic mass is 10.2. The Balaban J connectivity index is 1.81. The van der Waals surface area contributed by atoms with E-state index < -0.39 is 5.82 Å². The molecule has 0 saturated carbocycles. The van der Waals surface area contributed by atoms with Crippen molar-refractivity contribution in [3.8, 4) is 0 Å². The maximum absolute atomic E-state index is 13.1. The molecule has 2 rings (SSSR count). The number of halogens is 3. The van der Waals surface area contributed by atoms with Gasteiger partial charge in [-0.05, 0) is 58.4 Å². The molecule has 0 fully saturated rings. The minimum atomic E-state index is -0.432. The van der Waals surface area contributed by atoms with Crippen LogP contribution in [-0.4, -0.2) is 18.2 Å². The molecule has 0 spiro atoms. The first-order chi connectivity index (χ1) is 10.1. The minimum absolute atomic E-state index is 0.293. The van der Waals surface area contributed by atoms with E-state index in [1.807, 2.05) is 24.3 Å². The number of carbonyl (C=O) groups is 1. The molecule has 0 radical (unpaired) electrons. The Labute approximate surface area is 140 Å². The summed E-state index contributed by atoms with van der Waals surface area (Å²) < 4.78 is 13.7. The highest BCUT2D eigenvalue weighted by atomic mass is 79.9. The number of carbonyl (C=O) groups excluding carboxylic acids is 1. The molecule has 0 saturated heterocycles. The molecule has 6 heteroatoms. The Morgan fingerprint density at radius 3 is 2.67 bits per heavy atom. The van der Waals surface area contributed by atoms with E-state index in [1.165, 1.54) is 18.2 Å². The molecular weight excluding hydrogens is 377 g/mol. The predicted molar refractivity (Wildman–Crippen MR) is 88.6 cm³/mol. The summed E-state index contributed by atoms with van der Waals surface area (Å²) in [6.45, 7) is 0.495. The van der Waals surface area contributed by atoms with Crippen molar-refractivity contribution in [2.24, 2.45) is 0 Å². The van der Waals surface area contributed by atoms with Gasteiger partial charge in [-0.15, -0.1) is 11.8 Å². The first kappa shape index (κ1) is 16.3. The first-order valence-corrected chi connectivity index (χ1v) is 8.33. The van der Waals surface area contributed by atoms with Gasteiger partial charge < -0.3 is 5.32 Å². The van der Waals surface area contributed by atoms with Crippen LogP contribution < -0.4 is 5.32 Å². The fourth-order valence-electron chi connectivity index (χ4n) is 1.63. The van der Waals surface area contributed by atoms with Gasteiger partial charge in [-0.2, -0.15) is 0 Å². The molecule has 2 aromatic carbocycles. The van der Waals surface area contributed by atoms with Crippen molar-refractivity contribution in [1.29, 1.82) is 0 Å². The van der Waals surface area contributed by atoms with Gasteiger partial charge in [0, 0.05) is 26.7 Å². The van der Waals surface area contributed by atoms with E-state index in [2.05, 4.69) is 21.2 Å². The Morgan fingerprint density at radius 2 is 1.95 bits per heavy atom. The molecule has 2 aromatic rings. The molecule has 110 valence electrons. The van der Waals surface area contributed by atoms with Crippen LogP contribution in [0.15, 0.2) is 51.8 Å². The van der Waals surface area contributed by atoms with Crippen LogP contribution in [0, 0.1) is 5.82 Å². The number of benzene rings is 2. The largest absolute Gasteiger partial charge is 0.351 e. The average Bonchev–Trinajstić information content (AvgIpc) is 2.47. The number of rotatable bonds is 5. The maximum atomic E-state index is 13.1. The third kappa shape index (κ3) is 5.02. The van der Waals surface area contributed by atoms with Crippen LogP contribution in [0.5, 0.6) is 0 Å². The normalized spacial score (nSPS) is 10.4. The second kappa shape index (κ2) is 7.82. The quantitative estimate of drug-likeness (QED) is 0.591. The number of amides is 1. The van der Waals surface area contributed by atoms with Crippen LogP contribution in [0.1, 0.15) is 10.4 Å². The van der Waals surface area contributed by atoms with E-state index in [9.17, 15) is 9.18 Å². The Morgan fingerprint density at radius 1 is 1.24 bits per heavy atom. The van der Waals surface area contributed by atoms with Crippen LogP contribution in [0.4, 0.5) is 4.39 Å². The third-order valence-corrected chi connectivity index (χ3v) is 4.60. The first-order valence-electron chi connectivity index (χ1n) is 6.18. The maximum Gasteiger partial charge on any atom is 0.252 e. The molecule has 2 nitrogen and oxygen atoms in total. The van der Waals surface area contributed by atoms with E-state index in [-0.39, 0.29) is 5.91 Å². The summed E-state index contributed by atoms with van der Waals surface area (Å²) in [5.41, 5.74) is 0.298. The van der Waals surface area contributed by atoms with Gasteiger partial charge in [0.2, 0.25) is 0 Å². The Bertz CT molecular complexity index is 636. The van der Waals surface area contributed by atoms with Crippen molar-refractivity contribution in [2.75, 3.05) is 12.3 Å². The van der Waals surface area contributed by atoms with Crippen LogP contribution in [0.2, 0.25) is 5.02 Å². The molecule has 0 bridgehead atoms. The van der Waals surface area contributed by atoms with Gasteiger partial charge in [0.25, 0.3) is 5.91 Å². The molecule has 0 aliphatic rings. The lowest BCUT2D eigenvalue weighted by molar-refractivity contribution is 0.0955. The van der Waals surface area contributed by atoms with Crippen LogP contribution in [0.25, 0.3) is 0 Å². The zero-order chi connectivity index (χ0) is 15.2. The second-order valence-electron chi connectivity index (χ2n) is 4.18. The van der Waals surface area contributed by atoms with Crippen LogP contribution in [0.3, 0.4) is 0 Å².